The maximum Gasteiger partial charge on any atom is 0.272 e. The van der Waals surface area contributed by atoms with Crippen molar-refractivity contribution in [3.8, 4) is 0 Å². The Morgan fingerprint density at radius 3 is 2.58 bits per heavy atom. The second kappa shape index (κ2) is 5.66. The van der Waals surface area contributed by atoms with Crippen LogP contribution in [0.5, 0.6) is 0 Å². The van der Waals surface area contributed by atoms with Gasteiger partial charge in [-0.2, -0.15) is 8.42 Å². The summed E-state index contributed by atoms with van der Waals surface area (Å²) < 4.78 is 26.4. The van der Waals surface area contributed by atoms with Crippen LogP contribution < -0.4 is 0 Å². The zero-order valence-corrected chi connectivity index (χ0v) is 11.5. The molecule has 1 saturated heterocycles. The molecular weight excluding hydrogens is 268 g/mol. The van der Waals surface area contributed by atoms with Crippen molar-refractivity contribution in [3.05, 3.63) is 29.6 Å². The zero-order chi connectivity index (χ0) is 13.9. The number of carbonyl (C=O) groups is 1. The highest BCUT2D eigenvalue weighted by Gasteiger charge is 2.20. The van der Waals surface area contributed by atoms with E-state index in [-0.39, 0.29) is 12.5 Å². The molecule has 0 unspecified atom stereocenters. The van der Waals surface area contributed by atoms with Gasteiger partial charge in [-0.3, -0.25) is 14.0 Å². The second-order valence-electron chi connectivity index (χ2n) is 4.52. The Balaban J connectivity index is 1.99. The highest BCUT2D eigenvalue weighted by Crippen LogP contribution is 2.12. The first-order valence-electron chi connectivity index (χ1n) is 6.04. The molecule has 0 radical (unpaired) electrons. The lowest BCUT2D eigenvalue weighted by atomic mass is 10.2. The van der Waals surface area contributed by atoms with Gasteiger partial charge in [-0.1, -0.05) is 6.07 Å². The largest absolute Gasteiger partial charge is 0.337 e. The molecule has 0 aromatic carbocycles. The minimum absolute atomic E-state index is 0.0655. The summed E-state index contributed by atoms with van der Waals surface area (Å²) in [7, 11) is -3.46. The molecule has 0 saturated carbocycles. The monoisotopic (exact) mass is 284 g/mol. The molecule has 0 bridgehead atoms. The third kappa shape index (κ3) is 4.00. The molecule has 1 aromatic heterocycles. The molecule has 6 nitrogen and oxygen atoms in total. The van der Waals surface area contributed by atoms with Crippen LogP contribution in [0.15, 0.2) is 18.3 Å². The van der Waals surface area contributed by atoms with E-state index in [1.807, 2.05) is 0 Å². The molecule has 0 aliphatic carbocycles. The normalized spacial score (nSPS) is 15.7. The summed E-state index contributed by atoms with van der Waals surface area (Å²) in [5.74, 6) is -0.0759. The van der Waals surface area contributed by atoms with Gasteiger partial charge in [0.15, 0.2) is 0 Å². The number of likely N-dealkylation sites (tertiary alicyclic amines) is 1. The van der Waals surface area contributed by atoms with E-state index in [9.17, 15) is 13.2 Å². The lowest BCUT2D eigenvalue weighted by Gasteiger charge is -2.14. The van der Waals surface area contributed by atoms with E-state index in [0.717, 1.165) is 32.2 Å². The molecule has 1 fully saturated rings. The number of carbonyl (C=O) groups excluding carboxylic acids is 1. The van der Waals surface area contributed by atoms with Gasteiger partial charge < -0.3 is 4.90 Å². The van der Waals surface area contributed by atoms with Crippen LogP contribution in [0.3, 0.4) is 0 Å². The summed E-state index contributed by atoms with van der Waals surface area (Å²) in [6, 6.07) is 3.25. The van der Waals surface area contributed by atoms with Crippen LogP contribution in [-0.4, -0.2) is 43.6 Å². The quantitative estimate of drug-likeness (QED) is 0.764. The number of hydrogen-bond acceptors (Lipinski definition) is 5. The Bertz CT molecular complexity index is 548. The van der Waals surface area contributed by atoms with Crippen molar-refractivity contribution in [2.75, 3.05) is 19.3 Å². The van der Waals surface area contributed by atoms with Gasteiger partial charge in [-0.05, 0) is 24.5 Å². The van der Waals surface area contributed by atoms with Gasteiger partial charge in [0.25, 0.3) is 16.0 Å². The molecule has 1 aliphatic heterocycles. The van der Waals surface area contributed by atoms with Gasteiger partial charge in [-0.15, -0.1) is 0 Å². The fraction of sp³-hybridized carbons (Fsp3) is 0.500. The summed E-state index contributed by atoms with van der Waals surface area (Å²) in [5.41, 5.74) is 0.994. The Morgan fingerprint density at radius 2 is 2.05 bits per heavy atom. The molecule has 1 aromatic rings. The van der Waals surface area contributed by atoms with Crippen molar-refractivity contribution >= 4 is 16.0 Å². The highest BCUT2D eigenvalue weighted by atomic mass is 32.2. The molecule has 2 rings (SSSR count). The average molecular weight is 284 g/mol. The number of amides is 1. The van der Waals surface area contributed by atoms with Crippen LogP contribution in [0, 0.1) is 0 Å². The standard InChI is InChI=1S/C12H16N2O4S/c1-19(16,17)18-9-10-4-5-11(13-8-10)12(15)14-6-2-3-7-14/h4-5,8H,2-3,6-7,9H2,1H3. The average Bonchev–Trinajstić information content (AvgIpc) is 2.89. The molecule has 0 spiro atoms. The van der Waals surface area contributed by atoms with Crippen molar-refractivity contribution in [3.63, 3.8) is 0 Å². The Hall–Kier alpha value is -1.47. The number of rotatable bonds is 4. The third-order valence-electron chi connectivity index (χ3n) is 2.88. The van der Waals surface area contributed by atoms with E-state index >= 15 is 0 Å². The van der Waals surface area contributed by atoms with Crippen molar-refractivity contribution < 1.29 is 17.4 Å². The van der Waals surface area contributed by atoms with Crippen molar-refractivity contribution in [1.29, 1.82) is 0 Å². The number of hydrogen-bond donors (Lipinski definition) is 0. The first kappa shape index (κ1) is 14.0. The number of nitrogens with zero attached hydrogens (tertiary/aromatic N) is 2. The van der Waals surface area contributed by atoms with Crippen LogP contribution in [0.25, 0.3) is 0 Å². The number of aromatic nitrogens is 1. The maximum atomic E-state index is 12.0. The summed E-state index contributed by atoms with van der Waals surface area (Å²) >= 11 is 0. The summed E-state index contributed by atoms with van der Waals surface area (Å²) in [6.45, 7) is 1.49. The minimum Gasteiger partial charge on any atom is -0.337 e. The van der Waals surface area contributed by atoms with Crippen LogP contribution in [0.1, 0.15) is 28.9 Å². The molecule has 19 heavy (non-hydrogen) atoms. The van der Waals surface area contributed by atoms with Crippen LogP contribution in [-0.2, 0) is 20.9 Å². The van der Waals surface area contributed by atoms with Crippen molar-refractivity contribution in [2.45, 2.75) is 19.4 Å². The molecule has 1 aliphatic rings. The molecule has 2 heterocycles. The summed E-state index contributed by atoms with van der Waals surface area (Å²) in [4.78, 5) is 17.8. The van der Waals surface area contributed by atoms with E-state index in [1.54, 1.807) is 17.0 Å². The van der Waals surface area contributed by atoms with E-state index in [1.165, 1.54) is 6.20 Å². The maximum absolute atomic E-state index is 12.0. The number of pyridine rings is 1. The lowest BCUT2D eigenvalue weighted by Crippen LogP contribution is -2.28. The van der Waals surface area contributed by atoms with Crippen LogP contribution >= 0.6 is 0 Å². The first-order valence-corrected chi connectivity index (χ1v) is 7.86. The molecular formula is C12H16N2O4S. The van der Waals surface area contributed by atoms with Crippen LogP contribution in [0.2, 0.25) is 0 Å². The van der Waals surface area contributed by atoms with Crippen molar-refractivity contribution in [1.82, 2.24) is 9.88 Å². The molecule has 0 N–H and O–H groups in total. The Labute approximate surface area is 112 Å². The van der Waals surface area contributed by atoms with E-state index in [0.29, 0.717) is 11.3 Å². The van der Waals surface area contributed by atoms with Gasteiger partial charge >= 0.3 is 0 Å². The SMILES string of the molecule is CS(=O)(=O)OCc1ccc(C(=O)N2CCCC2)nc1. The summed E-state index contributed by atoms with van der Waals surface area (Å²) in [5, 5.41) is 0. The third-order valence-corrected chi connectivity index (χ3v) is 3.42. The van der Waals surface area contributed by atoms with E-state index in [2.05, 4.69) is 9.17 Å². The van der Waals surface area contributed by atoms with Crippen molar-refractivity contribution in [2.24, 2.45) is 0 Å². The zero-order valence-electron chi connectivity index (χ0n) is 10.7. The van der Waals surface area contributed by atoms with Crippen LogP contribution in [0.4, 0.5) is 0 Å². The fourth-order valence-corrected chi connectivity index (χ4v) is 2.24. The van der Waals surface area contributed by atoms with E-state index in [4.69, 9.17) is 0 Å². The van der Waals surface area contributed by atoms with Gasteiger partial charge in [0.2, 0.25) is 0 Å². The Morgan fingerprint density at radius 1 is 1.37 bits per heavy atom. The smallest absolute Gasteiger partial charge is 0.272 e. The molecule has 0 atom stereocenters. The molecule has 1 amide bonds. The summed E-state index contributed by atoms with van der Waals surface area (Å²) in [6.07, 6.45) is 4.53. The minimum atomic E-state index is -3.46. The van der Waals surface area contributed by atoms with Gasteiger partial charge in [0.05, 0.1) is 12.9 Å². The van der Waals surface area contributed by atoms with Gasteiger partial charge in [-0.25, -0.2) is 0 Å². The fourth-order valence-electron chi connectivity index (χ4n) is 1.89. The van der Waals surface area contributed by atoms with E-state index < -0.39 is 10.1 Å². The lowest BCUT2D eigenvalue weighted by molar-refractivity contribution is 0.0787. The second-order valence-corrected chi connectivity index (χ2v) is 6.16. The first-order chi connectivity index (χ1) is 8.96. The predicted octanol–water partition coefficient (Wildman–Crippen LogP) is 0.794. The van der Waals surface area contributed by atoms with Gasteiger partial charge in [0, 0.05) is 19.3 Å². The highest BCUT2D eigenvalue weighted by molar-refractivity contribution is 7.85. The predicted molar refractivity (Wildman–Crippen MR) is 69.0 cm³/mol. The van der Waals surface area contributed by atoms with Gasteiger partial charge in [0.1, 0.15) is 5.69 Å². The Kier molecular flexibility index (Phi) is 4.16. The molecule has 104 valence electrons. The topological polar surface area (TPSA) is 76.6 Å². The molecule has 7 heteroatoms.